The molecule has 0 spiro atoms. The van der Waals surface area contributed by atoms with Crippen LogP contribution in [0.2, 0.25) is 0 Å². The number of hydrogen-bond acceptors (Lipinski definition) is 4. The molecule has 1 aromatic carbocycles. The maximum atomic E-state index is 12.3. The molecule has 0 saturated carbocycles. The van der Waals surface area contributed by atoms with Crippen molar-refractivity contribution in [2.45, 2.75) is 18.2 Å². The monoisotopic (exact) mass is 296 g/mol. The molecule has 0 aliphatic rings. The van der Waals surface area contributed by atoms with Crippen molar-refractivity contribution < 1.29 is 8.42 Å². The first-order chi connectivity index (χ1) is 9.00. The van der Waals surface area contributed by atoms with Crippen LogP contribution in [0.15, 0.2) is 40.7 Å². The molecule has 0 aliphatic carbocycles. The molecule has 2 rings (SSSR count). The van der Waals surface area contributed by atoms with Gasteiger partial charge in [-0.3, -0.25) is 0 Å². The van der Waals surface area contributed by atoms with E-state index in [2.05, 4.69) is 4.98 Å². The summed E-state index contributed by atoms with van der Waals surface area (Å²) in [5, 5.41) is 2.84. The molecular weight excluding hydrogens is 280 g/mol. The molecule has 0 bridgehead atoms. The van der Waals surface area contributed by atoms with Gasteiger partial charge in [-0.25, -0.2) is 17.7 Å². The van der Waals surface area contributed by atoms with Gasteiger partial charge in [0, 0.05) is 31.6 Å². The summed E-state index contributed by atoms with van der Waals surface area (Å²) in [6, 6.07) is 6.90. The first kappa shape index (κ1) is 14.2. The fourth-order valence-electron chi connectivity index (χ4n) is 1.64. The molecule has 2 aromatic rings. The Morgan fingerprint density at radius 3 is 2.53 bits per heavy atom. The maximum Gasteiger partial charge on any atom is 0.242 e. The van der Waals surface area contributed by atoms with E-state index in [-0.39, 0.29) is 0 Å². The molecule has 1 heterocycles. The molecule has 0 amide bonds. The zero-order valence-corrected chi connectivity index (χ0v) is 12.5. The molecule has 19 heavy (non-hydrogen) atoms. The lowest BCUT2D eigenvalue weighted by atomic mass is 10.2. The molecule has 0 aliphatic heterocycles. The molecule has 1 aromatic heterocycles. The van der Waals surface area contributed by atoms with Crippen molar-refractivity contribution in [3.8, 4) is 0 Å². The Morgan fingerprint density at radius 1 is 1.26 bits per heavy atom. The number of aryl methyl sites for hydroxylation is 1. The second-order valence-electron chi connectivity index (χ2n) is 4.32. The van der Waals surface area contributed by atoms with E-state index in [0.717, 1.165) is 10.6 Å². The van der Waals surface area contributed by atoms with Gasteiger partial charge in [-0.2, -0.15) is 0 Å². The van der Waals surface area contributed by atoms with Gasteiger partial charge >= 0.3 is 0 Å². The fraction of sp³-hybridized carbons (Fsp3) is 0.308. The Morgan fingerprint density at radius 2 is 1.95 bits per heavy atom. The summed E-state index contributed by atoms with van der Waals surface area (Å²) < 4.78 is 26.0. The summed E-state index contributed by atoms with van der Waals surface area (Å²) in [4.78, 5) is 4.48. The van der Waals surface area contributed by atoms with Crippen molar-refractivity contribution >= 4 is 21.4 Å². The molecule has 0 N–H and O–H groups in total. The van der Waals surface area contributed by atoms with Crippen molar-refractivity contribution in [3.05, 3.63) is 46.4 Å². The van der Waals surface area contributed by atoms with Crippen molar-refractivity contribution in [2.24, 2.45) is 0 Å². The normalized spacial score (nSPS) is 11.9. The van der Waals surface area contributed by atoms with Crippen molar-refractivity contribution in [1.82, 2.24) is 9.29 Å². The lowest BCUT2D eigenvalue weighted by Crippen LogP contribution is -2.29. The zero-order valence-electron chi connectivity index (χ0n) is 10.9. The number of nitrogens with zero attached hydrogens (tertiary/aromatic N) is 2. The van der Waals surface area contributed by atoms with Crippen LogP contribution in [-0.4, -0.2) is 31.3 Å². The van der Waals surface area contributed by atoms with E-state index in [1.807, 2.05) is 24.4 Å². The number of aromatic nitrogens is 1. The van der Waals surface area contributed by atoms with E-state index in [4.69, 9.17) is 0 Å². The molecule has 102 valence electrons. The summed E-state index contributed by atoms with van der Waals surface area (Å²) in [5.74, 6) is 0. The lowest BCUT2D eigenvalue weighted by molar-refractivity contribution is 0.472. The Bertz CT molecular complexity index is 619. The molecule has 0 fully saturated rings. The first-order valence-corrected chi connectivity index (χ1v) is 8.23. The van der Waals surface area contributed by atoms with Crippen molar-refractivity contribution in [3.63, 3.8) is 0 Å². The molecule has 6 heteroatoms. The minimum atomic E-state index is -3.40. The molecular formula is C13H16N2O2S2. The van der Waals surface area contributed by atoms with Crippen LogP contribution < -0.4 is 0 Å². The summed E-state index contributed by atoms with van der Waals surface area (Å²) in [6.45, 7) is 2.37. The van der Waals surface area contributed by atoms with Gasteiger partial charge in [-0.15, -0.1) is 11.3 Å². The topological polar surface area (TPSA) is 50.3 Å². The highest BCUT2D eigenvalue weighted by molar-refractivity contribution is 7.89. The number of thiazole rings is 1. The van der Waals surface area contributed by atoms with E-state index < -0.39 is 10.0 Å². The first-order valence-electron chi connectivity index (χ1n) is 5.91. The maximum absolute atomic E-state index is 12.3. The average Bonchev–Trinajstić information content (AvgIpc) is 2.89. The minimum Gasteiger partial charge on any atom is -0.250 e. The number of hydrogen-bond donors (Lipinski definition) is 0. The van der Waals surface area contributed by atoms with Crippen molar-refractivity contribution in [2.75, 3.05) is 13.6 Å². The van der Waals surface area contributed by atoms with Gasteiger partial charge in [0.1, 0.15) is 0 Å². The van der Waals surface area contributed by atoms with Crippen LogP contribution in [0.5, 0.6) is 0 Å². The molecule has 0 radical (unpaired) electrons. The highest BCUT2D eigenvalue weighted by atomic mass is 32.2. The summed E-state index contributed by atoms with van der Waals surface area (Å²) in [6.07, 6.45) is 2.37. The van der Waals surface area contributed by atoms with E-state index in [0.29, 0.717) is 17.9 Å². The summed E-state index contributed by atoms with van der Waals surface area (Å²) >= 11 is 1.54. The fourth-order valence-corrected chi connectivity index (χ4v) is 3.42. The van der Waals surface area contributed by atoms with Crippen LogP contribution in [0.3, 0.4) is 0 Å². The Kier molecular flexibility index (Phi) is 4.34. The van der Waals surface area contributed by atoms with Gasteiger partial charge in [0.15, 0.2) is 0 Å². The third-order valence-electron chi connectivity index (χ3n) is 2.85. The Balaban J connectivity index is 2.08. The number of benzene rings is 1. The number of likely N-dealkylation sites (N-methyl/N-ethyl adjacent to an activating group) is 1. The van der Waals surface area contributed by atoms with Gasteiger partial charge in [0.25, 0.3) is 0 Å². The number of sulfonamides is 1. The molecule has 4 nitrogen and oxygen atoms in total. The Labute approximate surface area is 117 Å². The number of rotatable bonds is 5. The van der Waals surface area contributed by atoms with Crippen LogP contribution >= 0.6 is 11.3 Å². The molecule has 0 saturated heterocycles. The van der Waals surface area contributed by atoms with Crippen LogP contribution in [0, 0.1) is 6.92 Å². The third kappa shape index (κ3) is 3.40. The predicted octanol–water partition coefficient (Wildman–Crippen LogP) is 2.31. The van der Waals surface area contributed by atoms with Crippen LogP contribution in [-0.2, 0) is 16.4 Å². The molecule has 0 atom stereocenters. The quantitative estimate of drug-likeness (QED) is 0.851. The van der Waals surface area contributed by atoms with Crippen molar-refractivity contribution in [1.29, 1.82) is 0 Å². The molecule has 0 unspecified atom stereocenters. The van der Waals surface area contributed by atoms with Crippen LogP contribution in [0.25, 0.3) is 0 Å². The van der Waals surface area contributed by atoms with E-state index in [1.165, 1.54) is 4.31 Å². The van der Waals surface area contributed by atoms with E-state index in [9.17, 15) is 8.42 Å². The van der Waals surface area contributed by atoms with Gasteiger partial charge in [0.2, 0.25) is 10.0 Å². The van der Waals surface area contributed by atoms with E-state index >= 15 is 0 Å². The van der Waals surface area contributed by atoms with Crippen LogP contribution in [0.1, 0.15) is 10.6 Å². The second kappa shape index (κ2) is 5.81. The van der Waals surface area contributed by atoms with Gasteiger partial charge in [-0.1, -0.05) is 17.7 Å². The van der Waals surface area contributed by atoms with E-state index in [1.54, 1.807) is 36.7 Å². The SMILES string of the molecule is Cc1ccc(S(=O)(=O)N(C)CCc2nccs2)cc1. The smallest absolute Gasteiger partial charge is 0.242 e. The lowest BCUT2D eigenvalue weighted by Gasteiger charge is -2.16. The summed E-state index contributed by atoms with van der Waals surface area (Å²) in [7, 11) is -1.80. The Hall–Kier alpha value is -1.24. The highest BCUT2D eigenvalue weighted by Gasteiger charge is 2.20. The third-order valence-corrected chi connectivity index (χ3v) is 5.56. The standard InChI is InChI=1S/C13H16N2O2S2/c1-11-3-5-12(6-4-11)19(16,17)15(2)9-7-13-14-8-10-18-13/h3-6,8,10H,7,9H2,1-2H3. The largest absolute Gasteiger partial charge is 0.250 e. The van der Waals surface area contributed by atoms with Crippen LogP contribution in [0.4, 0.5) is 0 Å². The zero-order chi connectivity index (χ0) is 13.9. The minimum absolute atomic E-state index is 0.333. The van der Waals surface area contributed by atoms with Gasteiger partial charge in [0.05, 0.1) is 9.90 Å². The average molecular weight is 296 g/mol. The van der Waals surface area contributed by atoms with Gasteiger partial charge < -0.3 is 0 Å². The highest BCUT2D eigenvalue weighted by Crippen LogP contribution is 2.15. The second-order valence-corrected chi connectivity index (χ2v) is 7.34. The summed E-state index contributed by atoms with van der Waals surface area (Å²) in [5.41, 5.74) is 1.05. The van der Waals surface area contributed by atoms with Gasteiger partial charge in [-0.05, 0) is 19.1 Å². The predicted molar refractivity (Wildman–Crippen MR) is 76.8 cm³/mol.